The Bertz CT molecular complexity index is 1820. The van der Waals surface area contributed by atoms with Gasteiger partial charge >= 0.3 is 0 Å². The van der Waals surface area contributed by atoms with Gasteiger partial charge in [0.2, 0.25) is 0 Å². The van der Waals surface area contributed by atoms with Crippen molar-refractivity contribution in [2.75, 3.05) is 0 Å². The molecule has 190 valence electrons. The number of hydrogen-bond acceptors (Lipinski definition) is 1. The van der Waals surface area contributed by atoms with E-state index in [0.717, 1.165) is 38.7 Å². The summed E-state index contributed by atoms with van der Waals surface area (Å²) in [5.74, 6) is 0.296. The Morgan fingerprint density at radius 3 is 2.05 bits per heavy atom. The standard InChI is InChI=1S/C34H29Br2NO/c1-3-5-8-21-11-15-24(16-12-21)37-33(28-9-6-7-10-31(28)38)25(4-2)32-26-17-13-22(35)19-29(26)30-20-23(36)14-18-27(30)34(32)37/h6-7,9-20,38H,3-5,8H2,1-2H3. The van der Waals surface area contributed by atoms with Crippen LogP contribution in [0.5, 0.6) is 5.75 Å². The second kappa shape index (κ2) is 10.2. The van der Waals surface area contributed by atoms with E-state index in [4.69, 9.17) is 0 Å². The minimum atomic E-state index is 0.296. The first kappa shape index (κ1) is 25.2. The van der Waals surface area contributed by atoms with Gasteiger partial charge in [-0.25, -0.2) is 0 Å². The lowest BCUT2D eigenvalue weighted by Crippen LogP contribution is -1.99. The molecule has 0 aliphatic rings. The van der Waals surface area contributed by atoms with Crippen LogP contribution in [0.25, 0.3) is 49.4 Å². The summed E-state index contributed by atoms with van der Waals surface area (Å²) < 4.78 is 4.50. The first-order valence-corrected chi connectivity index (χ1v) is 14.9. The van der Waals surface area contributed by atoms with Crippen molar-refractivity contribution in [2.24, 2.45) is 0 Å². The van der Waals surface area contributed by atoms with Crippen molar-refractivity contribution in [3.8, 4) is 22.7 Å². The van der Waals surface area contributed by atoms with E-state index in [-0.39, 0.29) is 0 Å². The summed E-state index contributed by atoms with van der Waals surface area (Å²) in [5, 5.41) is 17.2. The zero-order chi connectivity index (χ0) is 26.4. The maximum atomic E-state index is 11.1. The molecule has 0 aliphatic heterocycles. The molecule has 0 spiro atoms. The molecule has 0 atom stereocenters. The third-order valence-electron chi connectivity index (χ3n) is 7.58. The van der Waals surface area contributed by atoms with Crippen molar-refractivity contribution in [1.29, 1.82) is 0 Å². The molecule has 1 N–H and O–H groups in total. The third kappa shape index (κ3) is 4.15. The van der Waals surface area contributed by atoms with Crippen molar-refractivity contribution < 1.29 is 5.11 Å². The number of aryl methyl sites for hydroxylation is 2. The Morgan fingerprint density at radius 2 is 1.39 bits per heavy atom. The normalized spacial score (nSPS) is 11.7. The van der Waals surface area contributed by atoms with Gasteiger partial charge in [0.05, 0.1) is 11.2 Å². The van der Waals surface area contributed by atoms with Gasteiger partial charge in [-0.15, -0.1) is 0 Å². The number of halogens is 2. The average Bonchev–Trinajstić information content (AvgIpc) is 3.27. The number of aromatic nitrogens is 1. The van der Waals surface area contributed by atoms with Crippen LogP contribution in [-0.2, 0) is 12.8 Å². The van der Waals surface area contributed by atoms with Crippen LogP contribution in [0.2, 0.25) is 0 Å². The van der Waals surface area contributed by atoms with Gasteiger partial charge in [0.15, 0.2) is 0 Å². The summed E-state index contributed by atoms with van der Waals surface area (Å²) in [6.07, 6.45) is 4.31. The first-order valence-electron chi connectivity index (χ1n) is 13.3. The molecule has 6 aromatic rings. The molecule has 0 unspecified atom stereocenters. The first-order chi connectivity index (χ1) is 18.5. The van der Waals surface area contributed by atoms with Gasteiger partial charge in [-0.2, -0.15) is 0 Å². The van der Waals surface area contributed by atoms with E-state index < -0.39 is 0 Å². The molecule has 0 radical (unpaired) electrons. The number of aromatic hydroxyl groups is 1. The molecular formula is C34H29Br2NO. The minimum Gasteiger partial charge on any atom is -0.507 e. The molecule has 0 amide bonds. The maximum Gasteiger partial charge on any atom is 0.124 e. The molecule has 0 fully saturated rings. The third-order valence-corrected chi connectivity index (χ3v) is 8.56. The van der Waals surface area contributed by atoms with Crippen LogP contribution in [0.3, 0.4) is 0 Å². The van der Waals surface area contributed by atoms with Gasteiger partial charge in [0.25, 0.3) is 0 Å². The van der Waals surface area contributed by atoms with Gasteiger partial charge in [0.1, 0.15) is 5.75 Å². The molecular weight excluding hydrogens is 598 g/mol. The van der Waals surface area contributed by atoms with Crippen LogP contribution >= 0.6 is 31.9 Å². The van der Waals surface area contributed by atoms with E-state index >= 15 is 0 Å². The number of hydrogen-bond donors (Lipinski definition) is 1. The molecule has 2 nitrogen and oxygen atoms in total. The zero-order valence-corrected chi connectivity index (χ0v) is 24.7. The Balaban J connectivity index is 1.83. The topological polar surface area (TPSA) is 25.2 Å². The number of fused-ring (bicyclic) bond motifs is 6. The highest BCUT2D eigenvalue weighted by Gasteiger charge is 2.25. The van der Waals surface area contributed by atoms with Crippen LogP contribution in [0, 0.1) is 0 Å². The summed E-state index contributed by atoms with van der Waals surface area (Å²) in [4.78, 5) is 0. The maximum absolute atomic E-state index is 11.1. The van der Waals surface area contributed by atoms with E-state index in [1.807, 2.05) is 18.2 Å². The monoisotopic (exact) mass is 625 g/mol. The van der Waals surface area contributed by atoms with E-state index in [9.17, 15) is 5.11 Å². The van der Waals surface area contributed by atoms with Gasteiger partial charge in [0, 0.05) is 31.0 Å². The summed E-state index contributed by atoms with van der Waals surface area (Å²) in [6.45, 7) is 4.45. The number of benzene rings is 5. The molecule has 1 heterocycles. The Labute approximate surface area is 240 Å². The van der Waals surface area contributed by atoms with Gasteiger partial charge in [-0.3, -0.25) is 0 Å². The summed E-state index contributed by atoms with van der Waals surface area (Å²) >= 11 is 7.43. The highest BCUT2D eigenvalue weighted by atomic mass is 79.9. The largest absolute Gasteiger partial charge is 0.507 e. The quantitative estimate of drug-likeness (QED) is 0.183. The number of rotatable bonds is 6. The van der Waals surface area contributed by atoms with Gasteiger partial charge < -0.3 is 9.67 Å². The van der Waals surface area contributed by atoms with Crippen molar-refractivity contribution >= 4 is 64.3 Å². The van der Waals surface area contributed by atoms with Crippen LogP contribution in [0.1, 0.15) is 37.8 Å². The van der Waals surface area contributed by atoms with Crippen LogP contribution in [0.15, 0.2) is 93.9 Å². The fourth-order valence-electron chi connectivity index (χ4n) is 5.82. The predicted molar refractivity (Wildman–Crippen MR) is 169 cm³/mol. The molecule has 1 aromatic heterocycles. The highest BCUT2D eigenvalue weighted by Crippen LogP contribution is 2.47. The minimum absolute atomic E-state index is 0.296. The Hall–Kier alpha value is -3.08. The lowest BCUT2D eigenvalue weighted by molar-refractivity contribution is 0.477. The molecule has 5 aromatic carbocycles. The molecule has 0 aliphatic carbocycles. The smallest absolute Gasteiger partial charge is 0.124 e. The van der Waals surface area contributed by atoms with Crippen molar-refractivity contribution in [2.45, 2.75) is 39.5 Å². The van der Waals surface area contributed by atoms with Crippen LogP contribution in [0.4, 0.5) is 0 Å². The fraction of sp³-hybridized carbons (Fsp3) is 0.176. The lowest BCUT2D eigenvalue weighted by atomic mass is 9.94. The fourth-order valence-corrected chi connectivity index (χ4v) is 6.54. The zero-order valence-electron chi connectivity index (χ0n) is 21.6. The number of phenols is 1. The number of phenolic OH excluding ortho intramolecular Hbond substituents is 1. The van der Waals surface area contributed by atoms with Crippen molar-refractivity contribution in [1.82, 2.24) is 4.57 Å². The Morgan fingerprint density at radius 1 is 0.737 bits per heavy atom. The SMILES string of the molecule is CCCCc1ccc(-n2c(-c3ccccc3O)c(CC)c3c4ccc(Br)cc4c4cc(Br)ccc4c32)cc1. The predicted octanol–water partition coefficient (Wildman–Crippen LogP) is 10.7. The lowest BCUT2D eigenvalue weighted by Gasteiger charge is -2.16. The number of nitrogens with zero attached hydrogens (tertiary/aromatic N) is 1. The number of unbranched alkanes of at least 4 members (excludes halogenated alkanes) is 1. The molecule has 38 heavy (non-hydrogen) atoms. The molecule has 4 heteroatoms. The van der Waals surface area contributed by atoms with E-state index in [2.05, 4.69) is 111 Å². The van der Waals surface area contributed by atoms with E-state index in [1.54, 1.807) is 6.07 Å². The number of para-hydroxylation sites is 1. The van der Waals surface area contributed by atoms with E-state index in [0.29, 0.717) is 5.75 Å². The van der Waals surface area contributed by atoms with Crippen LogP contribution in [-0.4, -0.2) is 9.67 Å². The van der Waals surface area contributed by atoms with Crippen molar-refractivity contribution in [3.63, 3.8) is 0 Å². The second-order valence-corrected chi connectivity index (χ2v) is 11.7. The molecule has 0 saturated carbocycles. The average molecular weight is 627 g/mol. The highest BCUT2D eigenvalue weighted by molar-refractivity contribution is 9.10. The summed E-state index contributed by atoms with van der Waals surface area (Å²) in [5.41, 5.74) is 6.80. The van der Waals surface area contributed by atoms with Crippen LogP contribution < -0.4 is 0 Å². The van der Waals surface area contributed by atoms with Gasteiger partial charge in [-0.1, -0.05) is 88.5 Å². The Kier molecular flexibility index (Phi) is 6.79. The molecule has 6 rings (SSSR count). The van der Waals surface area contributed by atoms with E-state index in [1.165, 1.54) is 56.4 Å². The summed E-state index contributed by atoms with van der Waals surface area (Å²) in [7, 11) is 0. The molecule has 0 saturated heterocycles. The van der Waals surface area contributed by atoms with Gasteiger partial charge in [-0.05, 0) is 95.1 Å². The summed E-state index contributed by atoms with van der Waals surface area (Å²) in [6, 6.07) is 29.9. The van der Waals surface area contributed by atoms with Crippen molar-refractivity contribution in [3.05, 3.63) is 105 Å². The molecule has 0 bridgehead atoms. The second-order valence-electron chi connectivity index (χ2n) is 9.91.